The number of rotatable bonds is 5. The number of amides is 2. The summed E-state index contributed by atoms with van der Waals surface area (Å²) in [5.74, 6) is -0.271. The molecule has 0 bridgehead atoms. The van der Waals surface area contributed by atoms with Crippen LogP contribution in [0.1, 0.15) is 24.3 Å². The zero-order valence-corrected chi connectivity index (χ0v) is 13.8. The molecule has 1 heterocycles. The van der Waals surface area contributed by atoms with Crippen molar-refractivity contribution in [1.29, 1.82) is 0 Å². The van der Waals surface area contributed by atoms with Crippen molar-refractivity contribution in [1.82, 2.24) is 14.8 Å². The molecular formula is C16H20ClN3O2. The van der Waals surface area contributed by atoms with Crippen molar-refractivity contribution < 1.29 is 9.59 Å². The highest BCUT2D eigenvalue weighted by Crippen LogP contribution is 2.20. The van der Waals surface area contributed by atoms with Gasteiger partial charge in [0, 0.05) is 36.1 Å². The van der Waals surface area contributed by atoms with Crippen LogP contribution in [0.5, 0.6) is 0 Å². The Hall–Kier alpha value is -2.01. The number of nitrogens with one attached hydrogen (secondary N) is 1. The molecule has 0 saturated heterocycles. The Morgan fingerprint density at radius 3 is 2.50 bits per heavy atom. The first kappa shape index (κ1) is 16.4. The van der Waals surface area contributed by atoms with Crippen LogP contribution >= 0.6 is 11.6 Å². The average molecular weight is 322 g/mol. The standard InChI is InChI=1S/C16H20ClN3O2/c1-4-20(5-2)15(21)10-19(3)16(22)14-9-11-8-12(17)6-7-13(11)18-14/h6-9,18H,4-5,10H2,1-3H3. The molecule has 0 spiro atoms. The van der Waals surface area contributed by atoms with Crippen LogP contribution in [0.2, 0.25) is 5.02 Å². The van der Waals surface area contributed by atoms with Crippen LogP contribution < -0.4 is 0 Å². The summed E-state index contributed by atoms with van der Waals surface area (Å²) in [7, 11) is 1.63. The van der Waals surface area contributed by atoms with E-state index in [9.17, 15) is 9.59 Å². The minimum atomic E-state index is -0.215. The summed E-state index contributed by atoms with van der Waals surface area (Å²) in [5, 5.41) is 1.50. The molecule has 1 aromatic carbocycles. The van der Waals surface area contributed by atoms with E-state index in [1.54, 1.807) is 30.1 Å². The number of benzene rings is 1. The number of carbonyl (C=O) groups is 2. The van der Waals surface area contributed by atoms with Gasteiger partial charge >= 0.3 is 0 Å². The molecule has 1 N–H and O–H groups in total. The van der Waals surface area contributed by atoms with Gasteiger partial charge < -0.3 is 14.8 Å². The Morgan fingerprint density at radius 1 is 1.18 bits per heavy atom. The molecule has 0 radical (unpaired) electrons. The number of aromatic nitrogens is 1. The van der Waals surface area contributed by atoms with Gasteiger partial charge in [0.25, 0.3) is 5.91 Å². The average Bonchev–Trinajstić information content (AvgIpc) is 2.90. The van der Waals surface area contributed by atoms with Crippen molar-refractivity contribution in [3.8, 4) is 0 Å². The number of halogens is 1. The maximum atomic E-state index is 12.4. The highest BCUT2D eigenvalue weighted by atomic mass is 35.5. The molecule has 2 rings (SSSR count). The minimum Gasteiger partial charge on any atom is -0.351 e. The molecule has 0 fully saturated rings. The van der Waals surface area contributed by atoms with Crippen LogP contribution in [-0.2, 0) is 4.79 Å². The third-order valence-corrected chi connectivity index (χ3v) is 3.88. The molecule has 2 amide bonds. The number of aromatic amines is 1. The van der Waals surface area contributed by atoms with E-state index in [0.717, 1.165) is 10.9 Å². The first-order chi connectivity index (χ1) is 10.5. The Balaban J connectivity index is 2.13. The SMILES string of the molecule is CCN(CC)C(=O)CN(C)C(=O)c1cc2cc(Cl)ccc2[nH]1. The summed E-state index contributed by atoms with van der Waals surface area (Å²) in [6.07, 6.45) is 0. The summed E-state index contributed by atoms with van der Waals surface area (Å²) in [6, 6.07) is 7.14. The summed E-state index contributed by atoms with van der Waals surface area (Å²) in [6.45, 7) is 5.19. The molecule has 22 heavy (non-hydrogen) atoms. The molecule has 0 aliphatic carbocycles. The Labute approximate surface area is 134 Å². The van der Waals surface area contributed by atoms with Crippen LogP contribution in [0.3, 0.4) is 0 Å². The summed E-state index contributed by atoms with van der Waals surface area (Å²) in [5.41, 5.74) is 1.29. The summed E-state index contributed by atoms with van der Waals surface area (Å²) >= 11 is 5.95. The number of likely N-dealkylation sites (N-methyl/N-ethyl adjacent to an activating group) is 2. The Bertz CT molecular complexity index is 692. The topological polar surface area (TPSA) is 56.4 Å². The second-order valence-corrected chi connectivity index (χ2v) is 5.58. The van der Waals surface area contributed by atoms with Crippen LogP contribution in [0, 0.1) is 0 Å². The third kappa shape index (κ3) is 3.42. The van der Waals surface area contributed by atoms with E-state index < -0.39 is 0 Å². The van der Waals surface area contributed by atoms with Gasteiger partial charge in [-0.2, -0.15) is 0 Å². The van der Waals surface area contributed by atoms with Gasteiger partial charge in [0.1, 0.15) is 5.69 Å². The zero-order chi connectivity index (χ0) is 16.3. The lowest BCUT2D eigenvalue weighted by Crippen LogP contribution is -2.41. The molecule has 118 valence electrons. The molecule has 0 unspecified atom stereocenters. The lowest BCUT2D eigenvalue weighted by molar-refractivity contribution is -0.131. The Kier molecular flexibility index (Phi) is 5.08. The number of hydrogen-bond donors (Lipinski definition) is 1. The number of carbonyl (C=O) groups excluding carboxylic acids is 2. The molecule has 5 nitrogen and oxygen atoms in total. The van der Waals surface area contributed by atoms with E-state index in [-0.39, 0.29) is 18.4 Å². The normalized spacial score (nSPS) is 10.7. The lowest BCUT2D eigenvalue weighted by Gasteiger charge is -2.22. The number of nitrogens with zero attached hydrogens (tertiary/aromatic N) is 2. The molecule has 0 atom stereocenters. The molecule has 0 aliphatic heterocycles. The minimum absolute atomic E-state index is 0.0556. The molecule has 0 saturated carbocycles. The van der Waals surface area contributed by atoms with Crippen molar-refractivity contribution in [3.05, 3.63) is 35.0 Å². The number of hydrogen-bond acceptors (Lipinski definition) is 2. The monoisotopic (exact) mass is 321 g/mol. The first-order valence-corrected chi connectivity index (χ1v) is 7.65. The summed E-state index contributed by atoms with van der Waals surface area (Å²) < 4.78 is 0. The largest absolute Gasteiger partial charge is 0.351 e. The van der Waals surface area contributed by atoms with Crippen LogP contribution in [-0.4, -0.2) is 53.3 Å². The molecule has 1 aromatic heterocycles. The predicted octanol–water partition coefficient (Wildman–Crippen LogP) is 2.76. The maximum absolute atomic E-state index is 12.4. The fourth-order valence-electron chi connectivity index (χ4n) is 2.38. The second-order valence-electron chi connectivity index (χ2n) is 5.14. The van der Waals surface area contributed by atoms with Gasteiger partial charge in [0.05, 0.1) is 6.54 Å². The van der Waals surface area contributed by atoms with E-state index in [0.29, 0.717) is 23.8 Å². The van der Waals surface area contributed by atoms with Gasteiger partial charge in [-0.25, -0.2) is 0 Å². The van der Waals surface area contributed by atoms with E-state index in [1.165, 1.54) is 4.90 Å². The fraction of sp³-hybridized carbons (Fsp3) is 0.375. The van der Waals surface area contributed by atoms with Gasteiger partial charge in [-0.3, -0.25) is 9.59 Å². The van der Waals surface area contributed by atoms with Crippen LogP contribution in [0.15, 0.2) is 24.3 Å². The molecule has 2 aromatic rings. The molecular weight excluding hydrogens is 302 g/mol. The number of fused-ring (bicyclic) bond motifs is 1. The van der Waals surface area contributed by atoms with Gasteiger partial charge in [0.15, 0.2) is 0 Å². The lowest BCUT2D eigenvalue weighted by atomic mass is 10.2. The maximum Gasteiger partial charge on any atom is 0.270 e. The Morgan fingerprint density at radius 2 is 1.86 bits per heavy atom. The van der Waals surface area contributed by atoms with Gasteiger partial charge in [0.2, 0.25) is 5.91 Å². The van der Waals surface area contributed by atoms with Crippen molar-refractivity contribution in [2.24, 2.45) is 0 Å². The summed E-state index contributed by atoms with van der Waals surface area (Å²) in [4.78, 5) is 30.7. The first-order valence-electron chi connectivity index (χ1n) is 7.27. The highest BCUT2D eigenvalue weighted by Gasteiger charge is 2.19. The highest BCUT2D eigenvalue weighted by molar-refractivity contribution is 6.31. The molecule has 0 aliphatic rings. The van der Waals surface area contributed by atoms with Gasteiger partial charge in [-0.1, -0.05) is 11.6 Å². The van der Waals surface area contributed by atoms with E-state index in [2.05, 4.69) is 4.98 Å². The van der Waals surface area contributed by atoms with Crippen molar-refractivity contribution in [2.75, 3.05) is 26.7 Å². The third-order valence-electron chi connectivity index (χ3n) is 3.65. The van der Waals surface area contributed by atoms with Gasteiger partial charge in [-0.15, -0.1) is 0 Å². The van der Waals surface area contributed by atoms with Crippen LogP contribution in [0.25, 0.3) is 10.9 Å². The van der Waals surface area contributed by atoms with Crippen molar-refractivity contribution >= 4 is 34.3 Å². The quantitative estimate of drug-likeness (QED) is 0.920. The number of H-pyrrole nitrogens is 1. The zero-order valence-electron chi connectivity index (χ0n) is 13.0. The fourth-order valence-corrected chi connectivity index (χ4v) is 2.56. The second kappa shape index (κ2) is 6.83. The van der Waals surface area contributed by atoms with Gasteiger partial charge in [-0.05, 0) is 38.1 Å². The van der Waals surface area contributed by atoms with Crippen LogP contribution in [0.4, 0.5) is 0 Å². The van der Waals surface area contributed by atoms with Crippen molar-refractivity contribution in [2.45, 2.75) is 13.8 Å². The van der Waals surface area contributed by atoms with E-state index >= 15 is 0 Å². The van der Waals surface area contributed by atoms with E-state index in [1.807, 2.05) is 19.9 Å². The predicted molar refractivity (Wildman–Crippen MR) is 88.2 cm³/mol. The smallest absolute Gasteiger partial charge is 0.270 e. The van der Waals surface area contributed by atoms with Crippen molar-refractivity contribution in [3.63, 3.8) is 0 Å². The van der Waals surface area contributed by atoms with E-state index in [4.69, 9.17) is 11.6 Å². The molecule has 6 heteroatoms.